The van der Waals surface area contributed by atoms with Crippen molar-refractivity contribution >= 4 is 10.8 Å². The number of alkyl halides is 3. The van der Waals surface area contributed by atoms with Crippen LogP contribution >= 0.6 is 0 Å². The predicted octanol–water partition coefficient (Wildman–Crippen LogP) is 3.61. The lowest BCUT2D eigenvalue weighted by atomic mass is 10.0. The van der Waals surface area contributed by atoms with Crippen molar-refractivity contribution in [2.24, 2.45) is 0 Å². The molecule has 2 aromatic heterocycles. The van der Waals surface area contributed by atoms with E-state index in [1.165, 1.54) is 0 Å². The molecule has 3 aromatic rings. The number of nitrogens with one attached hydrogen (secondary N) is 1. The molecule has 0 aliphatic carbocycles. The third-order valence-corrected chi connectivity index (χ3v) is 3.15. The van der Waals surface area contributed by atoms with Crippen molar-refractivity contribution in [1.29, 1.82) is 0 Å². The van der Waals surface area contributed by atoms with Crippen LogP contribution in [0.3, 0.4) is 0 Å². The third kappa shape index (κ3) is 2.52. The fourth-order valence-corrected chi connectivity index (χ4v) is 2.20. The maximum Gasteiger partial charge on any atom is 0.416 e. The number of fused-ring (bicyclic) bond motifs is 1. The highest BCUT2D eigenvalue weighted by molar-refractivity contribution is 5.95. The van der Waals surface area contributed by atoms with Gasteiger partial charge in [-0.1, -0.05) is 18.2 Å². The average Bonchev–Trinajstić information content (AvgIpc) is 2.45. The van der Waals surface area contributed by atoms with E-state index in [1.807, 2.05) is 6.07 Å². The summed E-state index contributed by atoms with van der Waals surface area (Å²) in [5.41, 5.74) is -1.14. The highest BCUT2D eigenvalue weighted by Crippen LogP contribution is 2.32. The number of nitrogens with zero attached hydrogens (tertiary/aromatic N) is 1. The molecule has 0 spiro atoms. The Morgan fingerprint density at radius 3 is 2.67 bits per heavy atom. The molecule has 0 fully saturated rings. The van der Waals surface area contributed by atoms with Crippen LogP contribution in [0.4, 0.5) is 13.2 Å². The highest BCUT2D eigenvalue weighted by Gasteiger charge is 2.31. The van der Waals surface area contributed by atoms with Gasteiger partial charge in [0, 0.05) is 35.1 Å². The van der Waals surface area contributed by atoms with Crippen molar-refractivity contribution in [2.45, 2.75) is 6.18 Å². The number of pyridine rings is 2. The Bertz CT molecular complexity index is 863. The van der Waals surface area contributed by atoms with Crippen LogP contribution in [-0.4, -0.2) is 9.97 Å². The second-order valence-electron chi connectivity index (χ2n) is 4.55. The minimum absolute atomic E-state index is 0.119. The third-order valence-electron chi connectivity index (χ3n) is 3.15. The van der Waals surface area contributed by atoms with Gasteiger partial charge >= 0.3 is 6.18 Å². The van der Waals surface area contributed by atoms with Crippen molar-refractivity contribution < 1.29 is 13.2 Å². The van der Waals surface area contributed by atoms with Crippen LogP contribution in [0, 0.1) is 0 Å². The van der Waals surface area contributed by atoms with E-state index >= 15 is 0 Å². The van der Waals surface area contributed by atoms with Crippen molar-refractivity contribution in [3.63, 3.8) is 0 Å². The summed E-state index contributed by atoms with van der Waals surface area (Å²) in [7, 11) is 0. The number of halogens is 3. The van der Waals surface area contributed by atoms with Gasteiger partial charge in [-0.05, 0) is 17.5 Å². The van der Waals surface area contributed by atoms with Gasteiger partial charge in [-0.25, -0.2) is 0 Å². The molecule has 0 saturated heterocycles. The van der Waals surface area contributed by atoms with Gasteiger partial charge in [-0.2, -0.15) is 13.2 Å². The molecular formula is C15H9F3N2O. The van der Waals surface area contributed by atoms with Crippen LogP contribution in [-0.2, 0) is 6.18 Å². The SMILES string of the molecule is O=c1cc(C(F)(F)F)cc(-c2cccc3ccncc23)[nH]1. The zero-order valence-corrected chi connectivity index (χ0v) is 10.6. The highest BCUT2D eigenvalue weighted by atomic mass is 19.4. The van der Waals surface area contributed by atoms with Gasteiger partial charge in [0.2, 0.25) is 5.56 Å². The van der Waals surface area contributed by atoms with Gasteiger partial charge in [0.05, 0.1) is 5.56 Å². The van der Waals surface area contributed by atoms with Crippen molar-refractivity contribution in [3.05, 3.63) is 64.7 Å². The van der Waals surface area contributed by atoms with Crippen molar-refractivity contribution in [1.82, 2.24) is 9.97 Å². The zero-order valence-electron chi connectivity index (χ0n) is 10.6. The Morgan fingerprint density at radius 2 is 1.90 bits per heavy atom. The van der Waals surface area contributed by atoms with E-state index in [0.29, 0.717) is 17.0 Å². The van der Waals surface area contributed by atoms with Crippen LogP contribution in [0.2, 0.25) is 0 Å². The van der Waals surface area contributed by atoms with Crippen LogP contribution in [0.15, 0.2) is 53.6 Å². The van der Waals surface area contributed by atoms with Gasteiger partial charge in [-0.15, -0.1) is 0 Å². The molecule has 6 heteroatoms. The van der Waals surface area contributed by atoms with E-state index in [0.717, 1.165) is 11.5 Å². The fourth-order valence-electron chi connectivity index (χ4n) is 2.20. The lowest BCUT2D eigenvalue weighted by Crippen LogP contribution is -2.13. The molecule has 0 radical (unpaired) electrons. The standard InChI is InChI=1S/C15H9F3N2O/c16-15(17,18)10-6-13(20-14(21)7-10)11-3-1-2-9-4-5-19-8-12(9)11/h1-8H,(H,20,21). The molecule has 0 aliphatic heterocycles. The molecule has 21 heavy (non-hydrogen) atoms. The van der Waals surface area contributed by atoms with E-state index in [9.17, 15) is 18.0 Å². The number of benzene rings is 1. The number of hydrogen-bond donors (Lipinski definition) is 1. The molecule has 0 atom stereocenters. The van der Waals surface area contributed by atoms with Gasteiger partial charge < -0.3 is 4.98 Å². The van der Waals surface area contributed by atoms with Crippen LogP contribution < -0.4 is 5.56 Å². The Labute approximate surface area is 117 Å². The maximum absolute atomic E-state index is 12.8. The summed E-state index contributed by atoms with van der Waals surface area (Å²) in [6.07, 6.45) is -1.41. The van der Waals surface area contributed by atoms with Crippen LogP contribution in [0.5, 0.6) is 0 Å². The summed E-state index contributed by atoms with van der Waals surface area (Å²) in [5, 5.41) is 1.51. The first kappa shape index (κ1) is 13.4. The molecule has 3 rings (SSSR count). The number of hydrogen-bond acceptors (Lipinski definition) is 2. The Hall–Kier alpha value is -2.63. The predicted molar refractivity (Wildman–Crippen MR) is 72.8 cm³/mol. The number of aromatic amines is 1. The van der Waals surface area contributed by atoms with E-state index in [-0.39, 0.29) is 5.69 Å². The minimum atomic E-state index is -4.56. The van der Waals surface area contributed by atoms with E-state index < -0.39 is 17.3 Å². The molecule has 2 heterocycles. The fraction of sp³-hybridized carbons (Fsp3) is 0.0667. The normalized spacial score (nSPS) is 11.8. The minimum Gasteiger partial charge on any atom is -0.322 e. The van der Waals surface area contributed by atoms with Crippen LogP contribution in [0.25, 0.3) is 22.0 Å². The summed E-state index contributed by atoms with van der Waals surface area (Å²) in [4.78, 5) is 17.9. The van der Waals surface area contributed by atoms with E-state index in [2.05, 4.69) is 9.97 Å². The smallest absolute Gasteiger partial charge is 0.322 e. The maximum atomic E-state index is 12.8. The molecule has 0 amide bonds. The van der Waals surface area contributed by atoms with Gasteiger partial charge in [-0.3, -0.25) is 9.78 Å². The largest absolute Gasteiger partial charge is 0.416 e. The summed E-state index contributed by atoms with van der Waals surface area (Å²) >= 11 is 0. The van der Waals surface area contributed by atoms with E-state index in [4.69, 9.17) is 0 Å². The Morgan fingerprint density at radius 1 is 1.10 bits per heavy atom. The number of rotatable bonds is 1. The summed E-state index contributed by atoms with van der Waals surface area (Å²) in [5.74, 6) is 0. The second-order valence-corrected chi connectivity index (χ2v) is 4.55. The molecule has 106 valence electrons. The molecule has 3 nitrogen and oxygen atoms in total. The Balaban J connectivity index is 2.29. The van der Waals surface area contributed by atoms with E-state index in [1.54, 1.807) is 30.6 Å². The first-order chi connectivity index (χ1) is 9.95. The monoisotopic (exact) mass is 290 g/mol. The van der Waals surface area contributed by atoms with Crippen molar-refractivity contribution in [2.75, 3.05) is 0 Å². The van der Waals surface area contributed by atoms with Gasteiger partial charge in [0.15, 0.2) is 0 Å². The van der Waals surface area contributed by atoms with Crippen molar-refractivity contribution in [3.8, 4) is 11.3 Å². The molecular weight excluding hydrogens is 281 g/mol. The van der Waals surface area contributed by atoms with Crippen LogP contribution in [0.1, 0.15) is 5.56 Å². The lowest BCUT2D eigenvalue weighted by Gasteiger charge is -2.10. The topological polar surface area (TPSA) is 45.8 Å². The average molecular weight is 290 g/mol. The Kier molecular flexibility index (Phi) is 3.01. The first-order valence-electron chi connectivity index (χ1n) is 6.10. The first-order valence-corrected chi connectivity index (χ1v) is 6.10. The molecule has 1 N–H and O–H groups in total. The summed E-state index contributed by atoms with van der Waals surface area (Å²) < 4.78 is 38.4. The molecule has 0 aliphatic rings. The molecule has 0 saturated carbocycles. The number of H-pyrrole nitrogens is 1. The lowest BCUT2D eigenvalue weighted by molar-refractivity contribution is -0.137. The second kappa shape index (κ2) is 4.73. The summed E-state index contributed by atoms with van der Waals surface area (Å²) in [6.45, 7) is 0. The number of aromatic nitrogens is 2. The summed E-state index contributed by atoms with van der Waals surface area (Å²) in [6, 6.07) is 8.43. The quantitative estimate of drug-likeness (QED) is 0.744. The van der Waals surface area contributed by atoms with Gasteiger partial charge in [0.25, 0.3) is 0 Å². The molecule has 1 aromatic carbocycles. The van der Waals surface area contributed by atoms with Gasteiger partial charge in [0.1, 0.15) is 0 Å². The molecule has 0 unspecified atom stereocenters. The zero-order chi connectivity index (χ0) is 15.0. The molecule has 0 bridgehead atoms.